The van der Waals surface area contributed by atoms with E-state index in [4.69, 9.17) is 9.47 Å². The number of β-amino-alcohol motifs (C(OH)–C–C–N with tert-alkyl or cyclic N) is 1. The molecule has 194 valence electrons. The fraction of sp³-hybridized carbons (Fsp3) is 0.556. The minimum Gasteiger partial charge on any atom is -0.448 e. The molecule has 1 saturated heterocycles. The number of hydrogen-bond acceptors (Lipinski definition) is 7. The average molecular weight is 514 g/mol. The van der Waals surface area contributed by atoms with E-state index in [0.717, 1.165) is 54.9 Å². The van der Waals surface area contributed by atoms with Crippen LogP contribution < -0.4 is 20.3 Å². The number of carbonyl (C=O) groups excluding carboxylic acids is 1. The summed E-state index contributed by atoms with van der Waals surface area (Å²) in [7, 11) is 0. The van der Waals surface area contributed by atoms with Crippen molar-refractivity contribution < 1.29 is 19.4 Å². The first-order valence-corrected chi connectivity index (χ1v) is 13.9. The number of H-pyrrole nitrogens is 1. The molecule has 8 nitrogen and oxygen atoms in total. The summed E-state index contributed by atoms with van der Waals surface area (Å²) < 4.78 is 12.8. The summed E-state index contributed by atoms with van der Waals surface area (Å²) in [5, 5.41) is 12.5. The molecule has 1 saturated carbocycles. The van der Waals surface area contributed by atoms with Crippen LogP contribution in [0.3, 0.4) is 0 Å². The lowest BCUT2D eigenvalue weighted by molar-refractivity contribution is -0.129. The van der Waals surface area contributed by atoms with E-state index in [1.807, 2.05) is 39.2 Å². The van der Waals surface area contributed by atoms with Crippen LogP contribution in [0.15, 0.2) is 27.9 Å². The second-order valence-corrected chi connectivity index (χ2v) is 11.3. The van der Waals surface area contributed by atoms with Crippen LogP contribution >= 0.6 is 11.8 Å². The zero-order valence-corrected chi connectivity index (χ0v) is 22.2. The van der Waals surface area contributed by atoms with Gasteiger partial charge in [-0.05, 0) is 64.0 Å². The molecule has 1 aromatic heterocycles. The van der Waals surface area contributed by atoms with E-state index in [-0.39, 0.29) is 30.0 Å². The highest BCUT2D eigenvalue weighted by atomic mass is 32.2. The predicted octanol–water partition coefficient (Wildman–Crippen LogP) is 3.37. The molecule has 0 radical (unpaired) electrons. The molecule has 1 aliphatic carbocycles. The van der Waals surface area contributed by atoms with Gasteiger partial charge in [0.15, 0.2) is 11.5 Å². The van der Waals surface area contributed by atoms with Gasteiger partial charge in [-0.15, -0.1) is 11.8 Å². The number of nitrogens with one attached hydrogen (secondary N) is 2. The van der Waals surface area contributed by atoms with Crippen LogP contribution in [0.1, 0.15) is 59.8 Å². The molecule has 0 spiro atoms. The first kappa shape index (κ1) is 25.2. The first-order valence-electron chi connectivity index (χ1n) is 12.7. The molecule has 36 heavy (non-hydrogen) atoms. The minimum atomic E-state index is -0.760. The number of pyridine rings is 1. The van der Waals surface area contributed by atoms with Crippen molar-refractivity contribution in [2.24, 2.45) is 5.92 Å². The molecule has 1 amide bonds. The van der Waals surface area contributed by atoms with Gasteiger partial charge in [0.1, 0.15) is 0 Å². The van der Waals surface area contributed by atoms with Crippen molar-refractivity contribution in [2.45, 2.75) is 75.8 Å². The smallest absolute Gasteiger partial charge is 0.254 e. The second-order valence-electron chi connectivity index (χ2n) is 10.4. The van der Waals surface area contributed by atoms with Crippen molar-refractivity contribution in [3.8, 4) is 11.5 Å². The molecule has 1 aromatic carbocycles. The Balaban J connectivity index is 1.25. The molecule has 1 unspecified atom stereocenters. The maximum absolute atomic E-state index is 13.1. The quantitative estimate of drug-likeness (QED) is 0.509. The molecule has 2 aromatic rings. The van der Waals surface area contributed by atoms with Crippen molar-refractivity contribution >= 4 is 17.7 Å². The van der Waals surface area contributed by atoms with E-state index in [2.05, 4.69) is 15.2 Å². The van der Waals surface area contributed by atoms with Gasteiger partial charge in [-0.2, -0.15) is 0 Å². The number of hydrogen-bond donors (Lipinski definition) is 3. The molecule has 2 fully saturated rings. The van der Waals surface area contributed by atoms with Gasteiger partial charge in [0.2, 0.25) is 0 Å². The van der Waals surface area contributed by atoms with Gasteiger partial charge in [-0.3, -0.25) is 14.5 Å². The summed E-state index contributed by atoms with van der Waals surface area (Å²) in [5.74, 6) is 0.527. The third-order valence-corrected chi connectivity index (χ3v) is 8.76. The lowest BCUT2D eigenvalue weighted by atomic mass is 9.80. The predicted molar refractivity (Wildman–Crippen MR) is 139 cm³/mol. The summed E-state index contributed by atoms with van der Waals surface area (Å²) in [6.07, 6.45) is 5.88. The van der Waals surface area contributed by atoms with E-state index in [9.17, 15) is 14.7 Å². The van der Waals surface area contributed by atoms with Gasteiger partial charge in [0.25, 0.3) is 17.3 Å². The number of nitrogens with zero attached hydrogens (tertiary/aromatic N) is 1. The fourth-order valence-corrected chi connectivity index (χ4v) is 6.49. The second kappa shape index (κ2) is 9.76. The first-order chi connectivity index (χ1) is 17.2. The Morgan fingerprint density at radius 2 is 1.94 bits per heavy atom. The van der Waals surface area contributed by atoms with Crippen LogP contribution in [0.5, 0.6) is 11.5 Å². The fourth-order valence-electron chi connectivity index (χ4n) is 5.78. The molecule has 0 bridgehead atoms. The number of benzene rings is 1. The topological polar surface area (TPSA) is 104 Å². The number of aryl methyl sites for hydroxylation is 1. The maximum Gasteiger partial charge on any atom is 0.254 e. The SMILES string of the molecule is CSc1cc(C)[nH]c(=O)c1CNC(=O)c1ccc2c(c1C)OC(C)(C1CCC(N3CC(O)C3)CC1)O2. The Labute approximate surface area is 215 Å². The van der Waals surface area contributed by atoms with Gasteiger partial charge in [0.05, 0.1) is 6.10 Å². The van der Waals surface area contributed by atoms with E-state index in [1.54, 1.807) is 6.07 Å². The maximum atomic E-state index is 13.1. The number of aromatic amines is 1. The summed E-state index contributed by atoms with van der Waals surface area (Å²) in [6.45, 7) is 7.43. The van der Waals surface area contributed by atoms with Crippen molar-refractivity contribution in [1.29, 1.82) is 0 Å². The standard InChI is InChI=1S/C27H35N3O5S/c1-15-11-23(36-4)21(26(33)29-15)12-28-25(32)20-9-10-22-24(16(20)2)35-27(3,34-22)17-5-7-18(8-6-17)30-13-19(31)14-30/h9-11,17-19,31H,5-8,12-14H2,1-4H3,(H,28,32)(H,29,33). The van der Waals surface area contributed by atoms with Crippen LogP contribution in [0.4, 0.5) is 0 Å². The Morgan fingerprint density at radius 1 is 1.22 bits per heavy atom. The summed E-state index contributed by atoms with van der Waals surface area (Å²) in [4.78, 5) is 31.6. The van der Waals surface area contributed by atoms with E-state index >= 15 is 0 Å². The number of rotatable bonds is 6. The van der Waals surface area contributed by atoms with Crippen LogP contribution in [0.2, 0.25) is 0 Å². The van der Waals surface area contributed by atoms with Gasteiger partial charge in [-0.25, -0.2) is 0 Å². The van der Waals surface area contributed by atoms with Crippen molar-refractivity contribution in [2.75, 3.05) is 19.3 Å². The number of aromatic nitrogens is 1. The highest BCUT2D eigenvalue weighted by Crippen LogP contribution is 2.48. The number of aliphatic hydroxyl groups excluding tert-OH is 1. The zero-order chi connectivity index (χ0) is 25.6. The molecule has 1 atom stereocenters. The highest BCUT2D eigenvalue weighted by Gasteiger charge is 2.47. The molecule has 9 heteroatoms. The minimum absolute atomic E-state index is 0.146. The van der Waals surface area contributed by atoms with Gasteiger partial charge in [0, 0.05) is 65.8 Å². The molecule has 2 aliphatic heterocycles. The molecule has 5 rings (SSSR count). The highest BCUT2D eigenvalue weighted by molar-refractivity contribution is 7.98. The normalized spacial score (nSPS) is 26.0. The molecule has 3 N–H and O–H groups in total. The Morgan fingerprint density at radius 3 is 2.61 bits per heavy atom. The number of amides is 1. The summed E-state index contributed by atoms with van der Waals surface area (Å²) in [6, 6.07) is 6.02. The van der Waals surface area contributed by atoms with E-state index in [0.29, 0.717) is 28.7 Å². The molecular weight excluding hydrogens is 478 g/mol. The van der Waals surface area contributed by atoms with Crippen LogP contribution in [-0.2, 0) is 6.54 Å². The number of likely N-dealkylation sites (tertiary alicyclic amines) is 1. The number of carbonyl (C=O) groups is 1. The largest absolute Gasteiger partial charge is 0.448 e. The molecular formula is C27H35N3O5S. The van der Waals surface area contributed by atoms with E-state index < -0.39 is 5.79 Å². The monoisotopic (exact) mass is 513 g/mol. The third kappa shape index (κ3) is 4.64. The Hall–Kier alpha value is -2.49. The number of aliphatic hydroxyl groups is 1. The van der Waals surface area contributed by atoms with Crippen molar-refractivity contribution in [3.05, 3.63) is 50.9 Å². The van der Waals surface area contributed by atoms with Crippen LogP contribution in [-0.4, -0.2) is 58.2 Å². The van der Waals surface area contributed by atoms with Gasteiger partial charge >= 0.3 is 0 Å². The third-order valence-electron chi connectivity index (χ3n) is 7.95. The summed E-state index contributed by atoms with van der Waals surface area (Å²) >= 11 is 1.49. The lowest BCUT2D eigenvalue weighted by Gasteiger charge is -2.46. The molecule has 3 aliphatic rings. The Bertz CT molecular complexity index is 1220. The van der Waals surface area contributed by atoms with Crippen molar-refractivity contribution in [1.82, 2.24) is 15.2 Å². The van der Waals surface area contributed by atoms with Crippen molar-refractivity contribution in [3.63, 3.8) is 0 Å². The van der Waals surface area contributed by atoms with Crippen LogP contribution in [0, 0.1) is 19.8 Å². The Kier molecular flexibility index (Phi) is 6.82. The average Bonchev–Trinajstić information content (AvgIpc) is 3.19. The van der Waals surface area contributed by atoms with Gasteiger partial charge in [-0.1, -0.05) is 0 Å². The zero-order valence-electron chi connectivity index (χ0n) is 21.3. The van der Waals surface area contributed by atoms with Gasteiger partial charge < -0.3 is 24.9 Å². The number of thioether (sulfide) groups is 1. The number of ether oxygens (including phenoxy) is 2. The lowest BCUT2D eigenvalue weighted by Crippen LogP contribution is -2.57. The number of fused-ring (bicyclic) bond motifs is 1. The summed E-state index contributed by atoms with van der Waals surface area (Å²) in [5.41, 5.74) is 2.41. The molecule has 3 heterocycles. The van der Waals surface area contributed by atoms with Crippen LogP contribution in [0.25, 0.3) is 0 Å². The van der Waals surface area contributed by atoms with E-state index in [1.165, 1.54) is 11.8 Å².